The Morgan fingerprint density at radius 1 is 1.27 bits per heavy atom. The number of esters is 1. The highest BCUT2D eigenvalue weighted by atomic mass is 16.6. The maximum absolute atomic E-state index is 12.0. The summed E-state index contributed by atoms with van der Waals surface area (Å²) in [5.41, 5.74) is 1.09. The fraction of sp³-hybridized carbons (Fsp3) is 0.500. The molecule has 2 aliphatic rings. The molecule has 6 heteroatoms. The van der Waals surface area contributed by atoms with E-state index in [9.17, 15) is 9.59 Å². The molecule has 1 heterocycles. The second kappa shape index (κ2) is 6.25. The number of carbonyl (C=O) groups is 2. The Bertz CT molecular complexity index is 586. The van der Waals surface area contributed by atoms with Crippen molar-refractivity contribution in [3.63, 3.8) is 0 Å². The Labute approximate surface area is 128 Å². The van der Waals surface area contributed by atoms with Crippen molar-refractivity contribution < 1.29 is 23.8 Å². The van der Waals surface area contributed by atoms with Gasteiger partial charge in [0.15, 0.2) is 11.5 Å². The van der Waals surface area contributed by atoms with E-state index in [2.05, 4.69) is 10.1 Å². The van der Waals surface area contributed by atoms with E-state index in [4.69, 9.17) is 9.47 Å². The molecule has 1 aromatic carbocycles. The number of nitrogens with one attached hydrogen (secondary N) is 1. The van der Waals surface area contributed by atoms with E-state index in [0.717, 1.165) is 23.5 Å². The number of benzene rings is 1. The van der Waals surface area contributed by atoms with Crippen LogP contribution < -0.4 is 14.8 Å². The van der Waals surface area contributed by atoms with Gasteiger partial charge < -0.3 is 19.5 Å². The van der Waals surface area contributed by atoms with Gasteiger partial charge in [0.05, 0.1) is 13.5 Å². The van der Waals surface area contributed by atoms with E-state index in [1.54, 1.807) is 0 Å². The quantitative estimate of drug-likeness (QED) is 0.829. The van der Waals surface area contributed by atoms with E-state index < -0.39 is 0 Å². The summed E-state index contributed by atoms with van der Waals surface area (Å²) in [6.07, 6.45) is 1.02. The molecule has 0 aromatic heterocycles. The Balaban J connectivity index is 1.53. The second-order valence-electron chi connectivity index (χ2n) is 5.47. The summed E-state index contributed by atoms with van der Waals surface area (Å²) in [6.45, 7) is 1.44. The molecule has 3 rings (SSSR count). The van der Waals surface area contributed by atoms with Crippen LogP contribution in [0.5, 0.6) is 11.5 Å². The van der Waals surface area contributed by atoms with Gasteiger partial charge in [0, 0.05) is 12.5 Å². The summed E-state index contributed by atoms with van der Waals surface area (Å²) in [7, 11) is 1.34. The number of carbonyl (C=O) groups excluding carboxylic acids is 2. The number of hydrogen-bond acceptors (Lipinski definition) is 5. The first-order valence-corrected chi connectivity index (χ1v) is 7.43. The van der Waals surface area contributed by atoms with Crippen LogP contribution in [0.25, 0.3) is 0 Å². The summed E-state index contributed by atoms with van der Waals surface area (Å²) in [5.74, 6) is 1.37. The number of methoxy groups -OCH3 is 1. The van der Waals surface area contributed by atoms with Crippen molar-refractivity contribution in [3.05, 3.63) is 23.8 Å². The van der Waals surface area contributed by atoms with Crippen molar-refractivity contribution in [2.24, 2.45) is 5.92 Å². The largest absolute Gasteiger partial charge is 0.486 e. The lowest BCUT2D eigenvalue weighted by molar-refractivity contribution is -0.140. The lowest BCUT2D eigenvalue weighted by Crippen LogP contribution is -2.28. The summed E-state index contributed by atoms with van der Waals surface area (Å²) in [6, 6.07) is 5.84. The third-order valence-electron chi connectivity index (χ3n) is 3.98. The van der Waals surface area contributed by atoms with E-state index >= 15 is 0 Å². The molecule has 0 unspecified atom stereocenters. The van der Waals surface area contributed by atoms with Gasteiger partial charge in [-0.2, -0.15) is 0 Å². The van der Waals surface area contributed by atoms with Crippen molar-refractivity contribution in [3.8, 4) is 11.5 Å². The van der Waals surface area contributed by atoms with Crippen LogP contribution in [0.4, 0.5) is 0 Å². The minimum Gasteiger partial charge on any atom is -0.486 e. The molecule has 2 atom stereocenters. The van der Waals surface area contributed by atoms with Gasteiger partial charge in [-0.25, -0.2) is 0 Å². The molecule has 1 N–H and O–H groups in total. The monoisotopic (exact) mass is 305 g/mol. The van der Waals surface area contributed by atoms with Gasteiger partial charge in [0.1, 0.15) is 13.2 Å². The molecule has 1 amide bonds. The Morgan fingerprint density at radius 3 is 2.82 bits per heavy atom. The molecular formula is C16H19NO5. The third-order valence-corrected chi connectivity index (χ3v) is 3.98. The molecule has 1 aliphatic carbocycles. The SMILES string of the molecule is COC(=O)CCNC(=O)[C@H]1C[C@H]1c1ccc2c(c1)OCCO2. The van der Waals surface area contributed by atoms with Crippen LogP contribution in [0.3, 0.4) is 0 Å². The van der Waals surface area contributed by atoms with E-state index in [1.807, 2.05) is 18.2 Å². The molecule has 6 nitrogen and oxygen atoms in total. The van der Waals surface area contributed by atoms with Crippen molar-refractivity contribution in [2.75, 3.05) is 26.9 Å². The normalized spacial score (nSPS) is 21.9. The van der Waals surface area contributed by atoms with Crippen LogP contribution in [0.1, 0.15) is 24.3 Å². The number of ether oxygens (including phenoxy) is 3. The van der Waals surface area contributed by atoms with Gasteiger partial charge in [-0.05, 0) is 30.0 Å². The molecule has 1 fully saturated rings. The summed E-state index contributed by atoms with van der Waals surface area (Å²) in [4.78, 5) is 23.0. The maximum Gasteiger partial charge on any atom is 0.307 e. The zero-order valence-electron chi connectivity index (χ0n) is 12.5. The molecule has 1 saturated carbocycles. The van der Waals surface area contributed by atoms with Crippen molar-refractivity contribution in [2.45, 2.75) is 18.8 Å². The highest BCUT2D eigenvalue weighted by Gasteiger charge is 2.44. The maximum atomic E-state index is 12.0. The van der Waals surface area contributed by atoms with Crippen LogP contribution in [-0.2, 0) is 14.3 Å². The van der Waals surface area contributed by atoms with Crippen molar-refractivity contribution in [1.29, 1.82) is 0 Å². The molecule has 1 aliphatic heterocycles. The molecule has 1 aromatic rings. The van der Waals surface area contributed by atoms with Crippen molar-refractivity contribution in [1.82, 2.24) is 5.32 Å². The average Bonchev–Trinajstić information content (AvgIpc) is 3.35. The lowest BCUT2D eigenvalue weighted by atomic mass is 10.1. The Kier molecular flexibility index (Phi) is 4.18. The minimum absolute atomic E-state index is 0.0104. The predicted octanol–water partition coefficient (Wildman–Crippen LogP) is 1.24. The highest BCUT2D eigenvalue weighted by molar-refractivity contribution is 5.83. The minimum atomic E-state index is -0.320. The zero-order chi connectivity index (χ0) is 15.5. The molecule has 0 bridgehead atoms. The Hall–Kier alpha value is -2.24. The summed E-state index contributed by atoms with van der Waals surface area (Å²) in [5, 5.41) is 2.78. The van der Waals surface area contributed by atoms with Gasteiger partial charge >= 0.3 is 5.97 Å². The number of fused-ring (bicyclic) bond motifs is 1. The molecule has 118 valence electrons. The van der Waals surface area contributed by atoms with Gasteiger partial charge in [-0.1, -0.05) is 6.07 Å². The zero-order valence-corrected chi connectivity index (χ0v) is 12.5. The van der Waals surface area contributed by atoms with Gasteiger partial charge in [0.2, 0.25) is 5.91 Å². The van der Waals surface area contributed by atoms with Crippen LogP contribution in [-0.4, -0.2) is 38.7 Å². The molecule has 0 radical (unpaired) electrons. The number of rotatable bonds is 5. The van der Waals surface area contributed by atoms with Crippen LogP contribution in [0.2, 0.25) is 0 Å². The molecule has 0 saturated heterocycles. The smallest absolute Gasteiger partial charge is 0.307 e. The van der Waals surface area contributed by atoms with Crippen molar-refractivity contribution >= 4 is 11.9 Å². The summed E-state index contributed by atoms with van der Waals surface area (Å²) < 4.78 is 15.6. The first-order chi connectivity index (χ1) is 10.7. The Morgan fingerprint density at radius 2 is 2.05 bits per heavy atom. The third kappa shape index (κ3) is 3.16. The first-order valence-electron chi connectivity index (χ1n) is 7.43. The number of hydrogen-bond donors (Lipinski definition) is 1. The average molecular weight is 305 g/mol. The van der Waals surface area contributed by atoms with Crippen LogP contribution in [0.15, 0.2) is 18.2 Å². The lowest BCUT2D eigenvalue weighted by Gasteiger charge is -2.18. The molecular weight excluding hydrogens is 286 g/mol. The number of amides is 1. The summed E-state index contributed by atoms with van der Waals surface area (Å²) >= 11 is 0. The fourth-order valence-electron chi connectivity index (χ4n) is 2.66. The van der Waals surface area contributed by atoms with E-state index in [-0.39, 0.29) is 30.1 Å². The topological polar surface area (TPSA) is 73.9 Å². The predicted molar refractivity (Wildman–Crippen MR) is 77.9 cm³/mol. The fourth-order valence-corrected chi connectivity index (χ4v) is 2.66. The van der Waals surface area contributed by atoms with Gasteiger partial charge in [0.25, 0.3) is 0 Å². The molecule has 0 spiro atoms. The molecule has 22 heavy (non-hydrogen) atoms. The van der Waals surface area contributed by atoms with Gasteiger partial charge in [-0.3, -0.25) is 9.59 Å². The van der Waals surface area contributed by atoms with E-state index in [1.165, 1.54) is 7.11 Å². The first kappa shape index (κ1) is 14.7. The van der Waals surface area contributed by atoms with Crippen LogP contribution >= 0.6 is 0 Å². The standard InChI is InChI=1S/C16H19NO5/c1-20-15(18)4-5-17-16(19)12-9-11(12)10-2-3-13-14(8-10)22-7-6-21-13/h2-3,8,11-12H,4-7,9H2,1H3,(H,17,19)/t11-,12-/m0/s1. The highest BCUT2D eigenvalue weighted by Crippen LogP contribution is 2.49. The van der Waals surface area contributed by atoms with Crippen LogP contribution in [0, 0.1) is 5.92 Å². The van der Waals surface area contributed by atoms with E-state index in [0.29, 0.717) is 19.8 Å². The van der Waals surface area contributed by atoms with Gasteiger partial charge in [-0.15, -0.1) is 0 Å². The second-order valence-corrected chi connectivity index (χ2v) is 5.47.